The van der Waals surface area contributed by atoms with Crippen molar-refractivity contribution in [1.82, 2.24) is 10.3 Å². The predicted octanol–water partition coefficient (Wildman–Crippen LogP) is 3.44. The third kappa shape index (κ3) is 4.93. The number of hydrogen-bond acceptors (Lipinski definition) is 4. The molecule has 7 heteroatoms. The molecule has 3 N–H and O–H groups in total. The maximum atomic E-state index is 12.6. The van der Waals surface area contributed by atoms with Gasteiger partial charge in [-0.15, -0.1) is 0 Å². The van der Waals surface area contributed by atoms with Gasteiger partial charge in [0.25, 0.3) is 11.8 Å². The Hall–Kier alpha value is -2.25. The Morgan fingerprint density at radius 3 is 2.67 bits per heavy atom. The second kappa shape index (κ2) is 8.63. The summed E-state index contributed by atoms with van der Waals surface area (Å²) < 4.78 is 0.760. The van der Waals surface area contributed by atoms with E-state index in [4.69, 9.17) is 0 Å². The van der Waals surface area contributed by atoms with Gasteiger partial charge in [-0.2, -0.15) is 0 Å². The smallest absolute Gasteiger partial charge is 0.255 e. The van der Waals surface area contributed by atoms with Gasteiger partial charge >= 0.3 is 0 Å². The molecule has 0 bridgehead atoms. The maximum Gasteiger partial charge on any atom is 0.255 e. The Kier molecular flexibility index (Phi) is 6.23. The molecular formula is C20H22BrN3O3. The van der Waals surface area contributed by atoms with Crippen LogP contribution in [-0.2, 0) is 0 Å². The second-order valence-corrected chi connectivity index (χ2v) is 7.72. The van der Waals surface area contributed by atoms with Crippen LogP contribution in [0.1, 0.15) is 52.0 Å². The summed E-state index contributed by atoms with van der Waals surface area (Å²) in [6.45, 7) is 1.82. The average molecular weight is 432 g/mol. The number of aliphatic hydroxyl groups excluding tert-OH is 1. The predicted molar refractivity (Wildman–Crippen MR) is 107 cm³/mol. The molecule has 0 spiro atoms. The fourth-order valence-corrected chi connectivity index (χ4v) is 3.58. The Balaban J connectivity index is 1.75. The first kappa shape index (κ1) is 19.5. The molecule has 1 saturated carbocycles. The van der Waals surface area contributed by atoms with Crippen molar-refractivity contribution in [1.29, 1.82) is 0 Å². The Morgan fingerprint density at radius 1 is 1.15 bits per heavy atom. The van der Waals surface area contributed by atoms with E-state index in [1.54, 1.807) is 36.7 Å². The summed E-state index contributed by atoms with van der Waals surface area (Å²) in [7, 11) is 0. The molecule has 1 aliphatic carbocycles. The zero-order valence-corrected chi connectivity index (χ0v) is 16.6. The molecule has 0 aliphatic heterocycles. The number of amides is 2. The number of rotatable bonds is 4. The first-order chi connectivity index (χ1) is 12.9. The van der Waals surface area contributed by atoms with Crippen LogP contribution < -0.4 is 10.6 Å². The highest BCUT2D eigenvalue weighted by molar-refractivity contribution is 9.10. The van der Waals surface area contributed by atoms with Crippen LogP contribution in [0.15, 0.2) is 41.1 Å². The van der Waals surface area contributed by atoms with Gasteiger partial charge in [-0.05, 0) is 59.5 Å². The number of nitrogens with zero attached hydrogens (tertiary/aromatic N) is 1. The minimum Gasteiger partial charge on any atom is -0.391 e. The van der Waals surface area contributed by atoms with E-state index in [0.717, 1.165) is 29.3 Å². The zero-order chi connectivity index (χ0) is 19.4. The third-order valence-electron chi connectivity index (χ3n) is 4.75. The first-order valence-corrected chi connectivity index (χ1v) is 9.75. The molecule has 27 heavy (non-hydrogen) atoms. The van der Waals surface area contributed by atoms with Crippen molar-refractivity contribution in [2.45, 2.75) is 44.8 Å². The molecule has 0 radical (unpaired) electrons. The Labute approximate surface area is 166 Å². The number of nitrogens with one attached hydrogen (secondary N) is 2. The van der Waals surface area contributed by atoms with Crippen LogP contribution in [0.4, 0.5) is 5.69 Å². The summed E-state index contributed by atoms with van der Waals surface area (Å²) in [5.74, 6) is -0.584. The lowest BCUT2D eigenvalue weighted by Crippen LogP contribution is -2.45. The number of benzene rings is 1. The molecule has 1 fully saturated rings. The van der Waals surface area contributed by atoms with Gasteiger partial charge < -0.3 is 15.7 Å². The van der Waals surface area contributed by atoms with Crippen molar-refractivity contribution in [3.63, 3.8) is 0 Å². The number of carbonyl (C=O) groups excluding carboxylic acids is 2. The highest BCUT2D eigenvalue weighted by atomic mass is 79.9. The third-order valence-corrected chi connectivity index (χ3v) is 5.19. The molecule has 3 rings (SSSR count). The molecule has 2 atom stereocenters. The fraction of sp³-hybridized carbons (Fsp3) is 0.350. The van der Waals surface area contributed by atoms with E-state index in [9.17, 15) is 14.7 Å². The molecular weight excluding hydrogens is 410 g/mol. The van der Waals surface area contributed by atoms with E-state index in [1.807, 2.05) is 6.92 Å². The van der Waals surface area contributed by atoms with Crippen molar-refractivity contribution < 1.29 is 14.7 Å². The van der Waals surface area contributed by atoms with Crippen LogP contribution in [0.2, 0.25) is 0 Å². The average Bonchev–Trinajstić information content (AvgIpc) is 2.64. The van der Waals surface area contributed by atoms with E-state index in [1.165, 1.54) is 0 Å². The van der Waals surface area contributed by atoms with Gasteiger partial charge in [0, 0.05) is 21.8 Å². The summed E-state index contributed by atoms with van der Waals surface area (Å²) >= 11 is 3.32. The van der Waals surface area contributed by atoms with E-state index in [-0.39, 0.29) is 17.9 Å². The number of halogens is 1. The number of anilines is 1. The van der Waals surface area contributed by atoms with Crippen molar-refractivity contribution in [3.8, 4) is 0 Å². The second-order valence-electron chi connectivity index (χ2n) is 6.81. The summed E-state index contributed by atoms with van der Waals surface area (Å²) in [5.41, 5.74) is 2.15. The molecule has 1 heterocycles. The Morgan fingerprint density at radius 2 is 1.93 bits per heavy atom. The molecule has 6 nitrogen and oxygen atoms in total. The van der Waals surface area contributed by atoms with Gasteiger partial charge in [0.2, 0.25) is 0 Å². The highest BCUT2D eigenvalue weighted by Gasteiger charge is 2.25. The van der Waals surface area contributed by atoms with Crippen LogP contribution in [0.5, 0.6) is 0 Å². The summed E-state index contributed by atoms with van der Waals surface area (Å²) in [6.07, 6.45) is 6.11. The lowest BCUT2D eigenvalue weighted by molar-refractivity contribution is 0.0717. The SMILES string of the molecule is Cc1ccc(C(=O)N[C@H]2CCCC[C@@H]2O)cc1C(=O)Nc1cncc(Br)c1. The Bertz CT molecular complexity index is 856. The topological polar surface area (TPSA) is 91.3 Å². The van der Waals surface area contributed by atoms with Gasteiger partial charge in [-0.3, -0.25) is 14.6 Å². The molecule has 2 amide bonds. The van der Waals surface area contributed by atoms with Gasteiger partial charge in [0.05, 0.1) is 24.0 Å². The quantitative estimate of drug-likeness (QED) is 0.691. The number of aryl methyl sites for hydroxylation is 1. The molecule has 0 saturated heterocycles. The minimum absolute atomic E-state index is 0.238. The summed E-state index contributed by atoms with van der Waals surface area (Å²) in [5, 5.41) is 15.7. The van der Waals surface area contributed by atoms with E-state index in [2.05, 4.69) is 31.5 Å². The number of carbonyl (C=O) groups is 2. The van der Waals surface area contributed by atoms with E-state index >= 15 is 0 Å². The largest absolute Gasteiger partial charge is 0.391 e. The van der Waals surface area contributed by atoms with Crippen molar-refractivity contribution in [3.05, 3.63) is 57.8 Å². The summed E-state index contributed by atoms with van der Waals surface area (Å²) in [6, 6.07) is 6.54. The van der Waals surface area contributed by atoms with Gasteiger partial charge in [0.1, 0.15) is 0 Å². The van der Waals surface area contributed by atoms with Crippen LogP contribution in [0.3, 0.4) is 0 Å². The van der Waals surface area contributed by atoms with E-state index < -0.39 is 6.10 Å². The molecule has 2 aromatic rings. The number of hydrogen-bond donors (Lipinski definition) is 3. The molecule has 1 aromatic heterocycles. The molecule has 0 unspecified atom stereocenters. The molecule has 1 aliphatic rings. The minimum atomic E-state index is -0.514. The van der Waals surface area contributed by atoms with Crippen LogP contribution in [-0.4, -0.2) is 34.1 Å². The highest BCUT2D eigenvalue weighted by Crippen LogP contribution is 2.20. The lowest BCUT2D eigenvalue weighted by atomic mass is 9.92. The number of pyridine rings is 1. The zero-order valence-electron chi connectivity index (χ0n) is 15.0. The van der Waals surface area contributed by atoms with Crippen LogP contribution in [0.25, 0.3) is 0 Å². The van der Waals surface area contributed by atoms with Gasteiger partial charge in [0.15, 0.2) is 0 Å². The van der Waals surface area contributed by atoms with Crippen LogP contribution >= 0.6 is 15.9 Å². The normalized spacial score (nSPS) is 19.4. The standard InChI is InChI=1S/C20H22BrN3O3/c1-12-6-7-13(19(26)24-17-4-2-3-5-18(17)25)8-16(12)20(27)23-15-9-14(21)10-22-11-15/h6-11,17-18,25H,2-5H2,1H3,(H,23,27)(H,24,26)/t17-,18-/m0/s1. The van der Waals surface area contributed by atoms with Crippen molar-refractivity contribution >= 4 is 33.4 Å². The number of aromatic nitrogens is 1. The number of aliphatic hydroxyl groups is 1. The van der Waals surface area contributed by atoms with Crippen LogP contribution in [0, 0.1) is 6.92 Å². The van der Waals surface area contributed by atoms with Gasteiger partial charge in [-0.25, -0.2) is 0 Å². The van der Waals surface area contributed by atoms with Gasteiger partial charge in [-0.1, -0.05) is 18.9 Å². The van der Waals surface area contributed by atoms with E-state index in [0.29, 0.717) is 23.2 Å². The van der Waals surface area contributed by atoms with Crippen molar-refractivity contribution in [2.24, 2.45) is 0 Å². The molecule has 142 valence electrons. The lowest BCUT2D eigenvalue weighted by Gasteiger charge is -2.28. The summed E-state index contributed by atoms with van der Waals surface area (Å²) in [4.78, 5) is 29.2. The maximum absolute atomic E-state index is 12.6. The molecule has 1 aromatic carbocycles. The first-order valence-electron chi connectivity index (χ1n) is 8.95. The monoisotopic (exact) mass is 431 g/mol. The fourth-order valence-electron chi connectivity index (χ4n) is 3.22. The van der Waals surface area contributed by atoms with Crippen molar-refractivity contribution in [2.75, 3.05) is 5.32 Å².